The van der Waals surface area contributed by atoms with E-state index in [1.54, 1.807) is 43.6 Å². The molecule has 60 heavy (non-hydrogen) atoms. The smallest absolute Gasteiger partial charge is 0.423 e. The minimum Gasteiger partial charge on any atom is -0.423 e. The van der Waals surface area contributed by atoms with Gasteiger partial charge in [-0.1, -0.05) is 108 Å². The Hall–Kier alpha value is -7.32. The van der Waals surface area contributed by atoms with Gasteiger partial charge in [0.05, 0.1) is 18.2 Å². The van der Waals surface area contributed by atoms with Crippen LogP contribution in [0.25, 0.3) is 16.0 Å². The van der Waals surface area contributed by atoms with Gasteiger partial charge in [-0.15, -0.1) is 6.42 Å². The third-order valence-electron chi connectivity index (χ3n) is 9.47. The van der Waals surface area contributed by atoms with Crippen LogP contribution in [0.4, 0.5) is 5.69 Å². The van der Waals surface area contributed by atoms with Crippen LogP contribution < -0.4 is 16.9 Å². The van der Waals surface area contributed by atoms with E-state index in [1.165, 1.54) is 6.07 Å². The van der Waals surface area contributed by atoms with Crippen molar-refractivity contribution in [3.63, 3.8) is 0 Å². The summed E-state index contributed by atoms with van der Waals surface area (Å²) in [5.41, 5.74) is 20.3. The van der Waals surface area contributed by atoms with E-state index in [9.17, 15) is 0 Å². The van der Waals surface area contributed by atoms with Crippen molar-refractivity contribution in [2.75, 3.05) is 0 Å². The summed E-state index contributed by atoms with van der Waals surface area (Å²) in [7, 11) is -1.49. The van der Waals surface area contributed by atoms with Gasteiger partial charge in [-0.3, -0.25) is 20.0 Å². The number of aromatic nitrogens is 2. The van der Waals surface area contributed by atoms with Crippen LogP contribution >= 0.6 is 15.9 Å². The Balaban J connectivity index is 0.000000198. The fraction of sp³-hybridized carbons (Fsp3) is 0.125. The zero-order valence-corrected chi connectivity index (χ0v) is 34.1. The zero-order valence-electron chi connectivity index (χ0n) is 32.5. The van der Waals surface area contributed by atoms with Crippen LogP contribution in [0.5, 0.6) is 0 Å². The Bertz CT molecular complexity index is 2760. The molecule has 0 saturated heterocycles. The molecule has 4 heterocycles. The summed E-state index contributed by atoms with van der Waals surface area (Å²) >= 11 is 3.49. The molecule has 0 spiro atoms. The van der Waals surface area contributed by atoms with Crippen molar-refractivity contribution in [2.45, 2.75) is 39.3 Å². The first-order valence-electron chi connectivity index (χ1n) is 18.1. The first-order chi connectivity index (χ1) is 28.4. The average molecular weight is 854 g/mol. The molecule has 4 aromatic carbocycles. The normalized spacial score (nSPS) is 16.0. The molecule has 0 saturated carbocycles. The van der Waals surface area contributed by atoms with E-state index in [0.29, 0.717) is 28.4 Å². The van der Waals surface area contributed by atoms with Crippen molar-refractivity contribution < 1.29 is 10.0 Å². The molecular formula is C48H42BBrN8O2. The number of nitrogens with two attached hydrogens (primary N) is 2. The number of nitriles is 1. The monoisotopic (exact) mass is 852 g/mol. The van der Waals surface area contributed by atoms with E-state index < -0.39 is 18.2 Å². The van der Waals surface area contributed by atoms with Gasteiger partial charge in [-0.2, -0.15) is 5.26 Å². The lowest BCUT2D eigenvalue weighted by Gasteiger charge is -2.23. The summed E-state index contributed by atoms with van der Waals surface area (Å²) in [6, 6.07) is 40.2. The quantitative estimate of drug-likeness (QED) is 0.0803. The van der Waals surface area contributed by atoms with Gasteiger partial charge in [0.1, 0.15) is 34.1 Å². The van der Waals surface area contributed by atoms with Crippen LogP contribution in [0.2, 0.25) is 0 Å². The van der Waals surface area contributed by atoms with Gasteiger partial charge in [0.2, 0.25) is 0 Å². The highest BCUT2D eigenvalue weighted by atomic mass is 79.9. The van der Waals surface area contributed by atoms with E-state index >= 15 is 0 Å². The predicted molar refractivity (Wildman–Crippen MR) is 245 cm³/mol. The topological polar surface area (TPSA) is 171 Å². The first-order valence-corrected chi connectivity index (χ1v) is 18.9. The summed E-state index contributed by atoms with van der Waals surface area (Å²) in [5.74, 6) is 8.05. The first kappa shape index (κ1) is 45.4. The number of hydrogen-bond donors (Lipinski definition) is 4. The van der Waals surface area contributed by atoms with Crippen molar-refractivity contribution in [1.29, 1.82) is 5.26 Å². The molecule has 2 aliphatic heterocycles. The van der Waals surface area contributed by atoms with Crippen molar-refractivity contribution in [3.8, 4) is 41.4 Å². The van der Waals surface area contributed by atoms with Crippen LogP contribution in [-0.4, -0.2) is 38.8 Å². The minimum absolute atomic E-state index is 0. The molecule has 6 aromatic rings. The maximum absolute atomic E-state index is 9.13. The number of benzene rings is 4. The molecule has 8 rings (SSSR count). The standard InChI is InChI=1S/C21H16N4.C14H12BrN3.C7H6BNO2.C5H4.CH4/c1-21(18-9-4-10-24-19(18)20(23)25-21)17-8-3-7-16(12-17)15-6-2-5-14(11-15)13-22;1-14(9-4-2-5-10(15)8-9)11-6-3-7-17-12(11)13(16)18-14;1-9-7-4-2-3-6(5-7)8(10)11;1-3-5-4-2;/h2-12H,1H3,(H2,23,25);2-8H,1H3,(H2,16,18);2-5,10-11H;1H,2H3;1H4. The van der Waals surface area contributed by atoms with Crippen molar-refractivity contribution in [2.24, 2.45) is 21.5 Å². The molecule has 0 radical (unpaired) electrons. The maximum atomic E-state index is 9.13. The SMILES string of the molecule is C.C#CC#CC.CC1(c2cccc(-c3cccc(C#N)c3)c2)N=C(N)c2ncccc21.CC1(c2cccc(Br)c2)N=C(N)c2ncccc21.[C-]#[N+]c1cccc(B(O)O)c1. The number of pyridine rings is 2. The van der Waals surface area contributed by atoms with Crippen molar-refractivity contribution in [1.82, 2.24) is 9.97 Å². The fourth-order valence-corrected chi connectivity index (χ4v) is 6.94. The van der Waals surface area contributed by atoms with Gasteiger partial charge in [0, 0.05) is 28.0 Å². The Morgan fingerprint density at radius 2 is 1.28 bits per heavy atom. The van der Waals surface area contributed by atoms with Crippen molar-refractivity contribution >= 4 is 45.9 Å². The summed E-state index contributed by atoms with van der Waals surface area (Å²) in [6.07, 6.45) is 8.19. The van der Waals surface area contributed by atoms with E-state index in [4.69, 9.17) is 44.8 Å². The third kappa shape index (κ3) is 10.2. The second-order valence-corrected chi connectivity index (χ2v) is 14.2. The molecule has 296 valence electrons. The largest absolute Gasteiger partial charge is 0.487 e. The number of hydrogen-bond acceptors (Lipinski definition) is 9. The number of aliphatic imine (C=N–C) groups is 2. The molecule has 10 nitrogen and oxygen atoms in total. The van der Waals surface area contributed by atoms with E-state index in [1.807, 2.05) is 66.7 Å². The Morgan fingerprint density at radius 3 is 1.78 bits per heavy atom. The lowest BCUT2D eigenvalue weighted by atomic mass is 9.80. The van der Waals surface area contributed by atoms with Gasteiger partial charge >= 0.3 is 7.12 Å². The second-order valence-electron chi connectivity index (χ2n) is 13.3. The van der Waals surface area contributed by atoms with E-state index in [2.05, 4.69) is 97.7 Å². The second kappa shape index (κ2) is 20.4. The number of rotatable bonds is 4. The van der Waals surface area contributed by atoms with Crippen LogP contribution in [-0.2, 0) is 11.1 Å². The number of fused-ring (bicyclic) bond motifs is 2. The molecule has 12 heteroatoms. The molecule has 2 atom stereocenters. The van der Waals surface area contributed by atoms with E-state index in [0.717, 1.165) is 49.2 Å². The highest BCUT2D eigenvalue weighted by molar-refractivity contribution is 9.10. The Labute approximate surface area is 360 Å². The van der Waals surface area contributed by atoms with Gasteiger partial charge in [-0.05, 0) is 103 Å². The van der Waals surface area contributed by atoms with Crippen LogP contribution in [0.15, 0.2) is 148 Å². The Morgan fingerprint density at radius 1 is 0.750 bits per heavy atom. The van der Waals surface area contributed by atoms with Crippen LogP contribution in [0.1, 0.15) is 67.4 Å². The van der Waals surface area contributed by atoms with Crippen molar-refractivity contribution in [3.05, 3.63) is 189 Å². The van der Waals surface area contributed by atoms with Gasteiger partial charge < -0.3 is 21.5 Å². The lowest BCUT2D eigenvalue weighted by Crippen LogP contribution is -2.29. The maximum Gasteiger partial charge on any atom is 0.487 e. The molecule has 0 fully saturated rings. The van der Waals surface area contributed by atoms with E-state index in [-0.39, 0.29) is 7.43 Å². The van der Waals surface area contributed by atoms with Gasteiger partial charge in [0.25, 0.3) is 0 Å². The van der Waals surface area contributed by atoms with Crippen LogP contribution in [0, 0.1) is 42.1 Å². The molecule has 2 unspecified atom stereocenters. The van der Waals surface area contributed by atoms with Gasteiger partial charge in [0.15, 0.2) is 5.69 Å². The molecular weight excluding hydrogens is 811 g/mol. The predicted octanol–water partition coefficient (Wildman–Crippen LogP) is 7.63. The molecule has 0 aliphatic carbocycles. The lowest BCUT2D eigenvalue weighted by molar-refractivity contribution is 0.426. The van der Waals surface area contributed by atoms with Crippen LogP contribution in [0.3, 0.4) is 0 Å². The molecule has 0 bridgehead atoms. The number of nitrogens with zero attached hydrogens (tertiary/aromatic N) is 6. The van der Waals surface area contributed by atoms with Gasteiger partial charge in [-0.25, -0.2) is 4.85 Å². The number of halogens is 1. The highest BCUT2D eigenvalue weighted by Gasteiger charge is 2.38. The zero-order chi connectivity index (χ0) is 42.6. The molecule has 2 aromatic heterocycles. The summed E-state index contributed by atoms with van der Waals surface area (Å²) < 4.78 is 1.03. The number of amidine groups is 2. The Kier molecular flexibility index (Phi) is 15.4. The third-order valence-corrected chi connectivity index (χ3v) is 9.96. The number of terminal acetylenes is 1. The average Bonchev–Trinajstić information content (AvgIpc) is 3.70. The molecule has 2 aliphatic rings. The minimum atomic E-state index is -1.49. The summed E-state index contributed by atoms with van der Waals surface area (Å²) in [4.78, 5) is 21.1. The highest BCUT2D eigenvalue weighted by Crippen LogP contribution is 2.41. The molecule has 6 N–H and O–H groups in total. The molecule has 0 amide bonds. The summed E-state index contributed by atoms with van der Waals surface area (Å²) in [6.45, 7) is 12.5. The fourth-order valence-electron chi connectivity index (χ4n) is 6.54. The summed E-state index contributed by atoms with van der Waals surface area (Å²) in [5, 5.41) is 26.5.